The molecular weight excluding hydrogens is 350 g/mol. The smallest absolute Gasteiger partial charge is 0.322 e. The van der Waals surface area contributed by atoms with E-state index in [1.165, 1.54) is 6.92 Å². The lowest BCUT2D eigenvalue weighted by atomic mass is 10.1. The van der Waals surface area contributed by atoms with Gasteiger partial charge >= 0.3 is 6.01 Å². The topological polar surface area (TPSA) is 104 Å². The summed E-state index contributed by atoms with van der Waals surface area (Å²) in [5, 5.41) is 10.3. The Kier molecular flexibility index (Phi) is 4.29. The van der Waals surface area contributed by atoms with Crippen LogP contribution in [-0.4, -0.2) is 35.1 Å². The standard InChI is InChI=1S/C19H15N3O5/c1-11(23)12-2-4-13(5-3-12)17(24)20-19-22-21-18(27-19)14-6-7-15-16(10-14)26-9-8-25-15/h2-7,10H,8-9H2,1H3,(H,20,22,24). The first-order chi connectivity index (χ1) is 13.1. The largest absolute Gasteiger partial charge is 0.486 e. The molecule has 8 heteroatoms. The van der Waals surface area contributed by atoms with E-state index in [0.717, 1.165) is 0 Å². The summed E-state index contributed by atoms with van der Waals surface area (Å²) < 4.78 is 16.5. The van der Waals surface area contributed by atoms with Crippen molar-refractivity contribution in [3.8, 4) is 23.0 Å². The van der Waals surface area contributed by atoms with Crippen molar-refractivity contribution in [1.82, 2.24) is 10.2 Å². The summed E-state index contributed by atoms with van der Waals surface area (Å²) >= 11 is 0. The lowest BCUT2D eigenvalue weighted by molar-refractivity contribution is 0.100. The highest BCUT2D eigenvalue weighted by Crippen LogP contribution is 2.34. The zero-order chi connectivity index (χ0) is 18.8. The highest BCUT2D eigenvalue weighted by Gasteiger charge is 2.17. The van der Waals surface area contributed by atoms with E-state index in [0.29, 0.717) is 41.4 Å². The Morgan fingerprint density at radius 1 is 0.926 bits per heavy atom. The Balaban J connectivity index is 1.49. The number of nitrogens with zero attached hydrogens (tertiary/aromatic N) is 2. The van der Waals surface area contributed by atoms with Crippen molar-refractivity contribution in [2.75, 3.05) is 18.5 Å². The first kappa shape index (κ1) is 16.8. The third-order valence-electron chi connectivity index (χ3n) is 3.99. The van der Waals surface area contributed by atoms with Gasteiger partial charge in [0.2, 0.25) is 5.89 Å². The summed E-state index contributed by atoms with van der Waals surface area (Å²) in [7, 11) is 0. The van der Waals surface area contributed by atoms with Crippen LogP contribution >= 0.6 is 0 Å². The Hall–Kier alpha value is -3.68. The van der Waals surface area contributed by atoms with E-state index in [-0.39, 0.29) is 17.7 Å². The molecule has 136 valence electrons. The van der Waals surface area contributed by atoms with Crippen LogP contribution in [0.2, 0.25) is 0 Å². The SMILES string of the molecule is CC(=O)c1ccc(C(=O)Nc2nnc(-c3ccc4c(c3)OCCO4)o2)cc1. The molecule has 1 N–H and O–H groups in total. The van der Waals surface area contributed by atoms with Gasteiger partial charge < -0.3 is 13.9 Å². The molecule has 0 unspecified atom stereocenters. The number of ketones is 1. The average molecular weight is 365 g/mol. The number of anilines is 1. The van der Waals surface area contributed by atoms with Crippen molar-refractivity contribution < 1.29 is 23.5 Å². The number of Topliss-reactive ketones (excluding diaryl/α,β-unsaturated/α-hetero) is 1. The third-order valence-corrected chi connectivity index (χ3v) is 3.99. The van der Waals surface area contributed by atoms with Gasteiger partial charge in [0.05, 0.1) is 0 Å². The van der Waals surface area contributed by atoms with Crippen LogP contribution in [0.25, 0.3) is 11.5 Å². The molecule has 2 heterocycles. The van der Waals surface area contributed by atoms with Crippen molar-refractivity contribution in [1.29, 1.82) is 0 Å². The lowest BCUT2D eigenvalue weighted by Crippen LogP contribution is -2.15. The lowest BCUT2D eigenvalue weighted by Gasteiger charge is -2.18. The first-order valence-corrected chi connectivity index (χ1v) is 8.26. The first-order valence-electron chi connectivity index (χ1n) is 8.26. The van der Waals surface area contributed by atoms with Crippen molar-refractivity contribution in [2.24, 2.45) is 0 Å². The number of nitrogens with one attached hydrogen (secondary N) is 1. The van der Waals surface area contributed by atoms with Gasteiger partial charge in [0, 0.05) is 16.7 Å². The Bertz CT molecular complexity index is 1010. The molecule has 0 fully saturated rings. The van der Waals surface area contributed by atoms with E-state index < -0.39 is 5.91 Å². The Morgan fingerprint density at radius 2 is 1.63 bits per heavy atom. The molecule has 2 aromatic carbocycles. The summed E-state index contributed by atoms with van der Waals surface area (Å²) in [6.45, 7) is 2.45. The van der Waals surface area contributed by atoms with Gasteiger partial charge in [-0.25, -0.2) is 0 Å². The minimum absolute atomic E-state index is 0.0273. The van der Waals surface area contributed by atoms with Gasteiger partial charge in [-0.2, -0.15) is 0 Å². The minimum Gasteiger partial charge on any atom is -0.486 e. The number of ether oxygens (including phenoxy) is 2. The van der Waals surface area contributed by atoms with Gasteiger partial charge in [-0.3, -0.25) is 14.9 Å². The van der Waals surface area contributed by atoms with E-state index in [1.807, 2.05) is 0 Å². The number of aromatic nitrogens is 2. The zero-order valence-electron chi connectivity index (χ0n) is 14.4. The fourth-order valence-corrected chi connectivity index (χ4v) is 2.59. The van der Waals surface area contributed by atoms with E-state index in [2.05, 4.69) is 15.5 Å². The number of carbonyl (C=O) groups excluding carboxylic acids is 2. The van der Waals surface area contributed by atoms with Crippen LogP contribution in [0.4, 0.5) is 6.01 Å². The van der Waals surface area contributed by atoms with Crippen molar-refractivity contribution in [3.63, 3.8) is 0 Å². The predicted molar refractivity (Wildman–Crippen MR) is 95.1 cm³/mol. The normalized spacial score (nSPS) is 12.5. The van der Waals surface area contributed by atoms with Gasteiger partial charge in [0.1, 0.15) is 13.2 Å². The maximum Gasteiger partial charge on any atom is 0.322 e. The van der Waals surface area contributed by atoms with Crippen LogP contribution < -0.4 is 14.8 Å². The second kappa shape index (κ2) is 6.91. The molecule has 0 bridgehead atoms. The van der Waals surface area contributed by atoms with Crippen molar-refractivity contribution >= 4 is 17.7 Å². The molecule has 0 aliphatic carbocycles. The average Bonchev–Trinajstić information content (AvgIpc) is 3.16. The summed E-state index contributed by atoms with van der Waals surface area (Å²) in [5.74, 6) is 1.03. The van der Waals surface area contributed by atoms with Gasteiger partial charge in [-0.15, -0.1) is 5.10 Å². The van der Waals surface area contributed by atoms with Gasteiger partial charge in [-0.1, -0.05) is 17.2 Å². The zero-order valence-corrected chi connectivity index (χ0v) is 14.4. The third kappa shape index (κ3) is 3.50. The molecule has 8 nitrogen and oxygen atoms in total. The summed E-state index contributed by atoms with van der Waals surface area (Å²) in [6.07, 6.45) is 0. The van der Waals surface area contributed by atoms with E-state index >= 15 is 0 Å². The summed E-state index contributed by atoms with van der Waals surface area (Å²) in [5.41, 5.74) is 1.56. The minimum atomic E-state index is -0.414. The van der Waals surface area contributed by atoms with Crippen molar-refractivity contribution in [3.05, 3.63) is 53.6 Å². The van der Waals surface area contributed by atoms with Crippen LogP contribution in [-0.2, 0) is 0 Å². The Labute approximate surface area is 154 Å². The fraction of sp³-hybridized carbons (Fsp3) is 0.158. The molecule has 0 spiro atoms. The monoisotopic (exact) mass is 365 g/mol. The number of amides is 1. The van der Waals surface area contributed by atoms with E-state index in [4.69, 9.17) is 13.9 Å². The molecule has 0 saturated heterocycles. The molecule has 1 aliphatic rings. The summed E-state index contributed by atoms with van der Waals surface area (Å²) in [6, 6.07) is 11.6. The number of carbonyl (C=O) groups is 2. The number of hydrogen-bond donors (Lipinski definition) is 1. The molecule has 0 radical (unpaired) electrons. The van der Waals surface area contributed by atoms with Gasteiger partial charge in [0.15, 0.2) is 17.3 Å². The highest BCUT2D eigenvalue weighted by atomic mass is 16.6. The van der Waals surface area contributed by atoms with Crippen molar-refractivity contribution in [2.45, 2.75) is 6.92 Å². The Morgan fingerprint density at radius 3 is 2.37 bits per heavy atom. The second-order valence-electron chi connectivity index (χ2n) is 5.86. The van der Waals surface area contributed by atoms with Crippen LogP contribution in [0.5, 0.6) is 11.5 Å². The maximum absolute atomic E-state index is 12.3. The van der Waals surface area contributed by atoms with E-state index in [1.54, 1.807) is 42.5 Å². The molecule has 27 heavy (non-hydrogen) atoms. The number of rotatable bonds is 4. The van der Waals surface area contributed by atoms with Crippen LogP contribution in [0.15, 0.2) is 46.9 Å². The van der Waals surface area contributed by atoms with Gasteiger partial charge in [0.25, 0.3) is 5.91 Å². The maximum atomic E-state index is 12.3. The molecular formula is C19H15N3O5. The number of benzene rings is 2. The van der Waals surface area contributed by atoms with Crippen LogP contribution in [0.3, 0.4) is 0 Å². The predicted octanol–water partition coefficient (Wildman–Crippen LogP) is 2.96. The molecule has 4 rings (SSSR count). The second-order valence-corrected chi connectivity index (χ2v) is 5.86. The van der Waals surface area contributed by atoms with Crippen LogP contribution in [0, 0.1) is 0 Å². The molecule has 0 saturated carbocycles. The van der Waals surface area contributed by atoms with Crippen LogP contribution in [0.1, 0.15) is 27.6 Å². The molecule has 1 aromatic heterocycles. The molecule has 1 aliphatic heterocycles. The number of fused-ring (bicyclic) bond motifs is 1. The molecule has 1 amide bonds. The fourth-order valence-electron chi connectivity index (χ4n) is 2.59. The van der Waals surface area contributed by atoms with E-state index in [9.17, 15) is 9.59 Å². The number of hydrogen-bond acceptors (Lipinski definition) is 7. The summed E-state index contributed by atoms with van der Waals surface area (Å²) in [4.78, 5) is 23.6. The van der Waals surface area contributed by atoms with Gasteiger partial charge in [-0.05, 0) is 37.3 Å². The highest BCUT2D eigenvalue weighted by molar-refractivity contribution is 6.04. The molecule has 0 atom stereocenters. The quantitative estimate of drug-likeness (QED) is 0.709. The molecule has 3 aromatic rings.